The van der Waals surface area contributed by atoms with Crippen LogP contribution >= 0.6 is 16.5 Å². The van der Waals surface area contributed by atoms with Gasteiger partial charge in [-0.2, -0.15) is 0 Å². The summed E-state index contributed by atoms with van der Waals surface area (Å²) < 4.78 is 22.3. The van der Waals surface area contributed by atoms with Gasteiger partial charge in [0.15, 0.2) is 0 Å². The Kier molecular flexibility index (Phi) is 7.34. The summed E-state index contributed by atoms with van der Waals surface area (Å²) in [5, 5.41) is 2.93. The van der Waals surface area contributed by atoms with Gasteiger partial charge in [-0.3, -0.25) is 14.1 Å². The van der Waals surface area contributed by atoms with Gasteiger partial charge in [0.25, 0.3) is 0 Å². The van der Waals surface area contributed by atoms with Crippen LogP contribution in [0.5, 0.6) is 0 Å². The van der Waals surface area contributed by atoms with Gasteiger partial charge in [-0.15, -0.1) is 0 Å². The minimum Gasteiger partial charge on any atom is -0.375 e. The second-order valence-corrected chi connectivity index (χ2v) is 3.50. The molecule has 2 unspecified atom stereocenters. The molecule has 0 aromatic carbocycles. The summed E-state index contributed by atoms with van der Waals surface area (Å²) >= 11 is 0. The van der Waals surface area contributed by atoms with E-state index in [1.807, 2.05) is 0 Å². The minimum atomic E-state index is -3.20. The van der Waals surface area contributed by atoms with E-state index in [-0.39, 0.29) is 0 Å². The summed E-state index contributed by atoms with van der Waals surface area (Å²) in [7, 11) is -6.40. The highest BCUT2D eigenvalue weighted by molar-refractivity contribution is 7.46. The van der Waals surface area contributed by atoms with Gasteiger partial charge < -0.3 is 15.1 Å². The van der Waals surface area contributed by atoms with Crippen molar-refractivity contribution in [2.45, 2.75) is 0 Å². The fraction of sp³-hybridized carbons (Fsp3) is 0.667. The predicted molar refractivity (Wildman–Crippen MR) is 44.9 cm³/mol. The van der Waals surface area contributed by atoms with Crippen LogP contribution in [0.2, 0.25) is 0 Å². The van der Waals surface area contributed by atoms with Crippen LogP contribution in [0.15, 0.2) is 4.99 Å². The largest absolute Gasteiger partial charge is 0.375 e. The lowest BCUT2D eigenvalue weighted by atomic mass is 10.7. The zero-order chi connectivity index (χ0) is 9.40. The topological polar surface area (TPSA) is 108 Å². The van der Waals surface area contributed by atoms with Crippen LogP contribution in [-0.4, -0.2) is 29.2 Å². The molecular formula is C3H10N2O5P2. The monoisotopic (exact) mass is 216 g/mol. The molecule has 2 atom stereocenters. The van der Waals surface area contributed by atoms with Gasteiger partial charge in [-0.1, -0.05) is 0 Å². The predicted octanol–water partition coefficient (Wildman–Crippen LogP) is -0.615. The summed E-state index contributed by atoms with van der Waals surface area (Å²) in [6.45, 7) is 1.99. The van der Waals surface area contributed by atoms with Gasteiger partial charge in [-0.05, 0) is 0 Å². The first-order valence-corrected chi connectivity index (χ1v) is 5.51. The van der Waals surface area contributed by atoms with Crippen molar-refractivity contribution < 1.29 is 23.2 Å². The van der Waals surface area contributed by atoms with E-state index in [1.54, 1.807) is 6.34 Å². The second-order valence-electron chi connectivity index (χ2n) is 1.62. The van der Waals surface area contributed by atoms with E-state index in [1.165, 1.54) is 0 Å². The molecule has 0 aromatic rings. The fourth-order valence-corrected chi connectivity index (χ4v) is 0.995. The summed E-state index contributed by atoms with van der Waals surface area (Å²) in [6, 6.07) is 0. The molecule has 9 heteroatoms. The lowest BCUT2D eigenvalue weighted by Crippen LogP contribution is -2.04. The molecule has 0 saturated heterocycles. The maximum atomic E-state index is 9.44. The average molecular weight is 216 g/mol. The third-order valence-corrected chi connectivity index (χ3v) is 2.14. The maximum absolute atomic E-state index is 9.44. The smallest absolute Gasteiger partial charge is 0.323 e. The van der Waals surface area contributed by atoms with Gasteiger partial charge >= 0.3 is 16.5 Å². The second kappa shape index (κ2) is 7.46. The van der Waals surface area contributed by atoms with Gasteiger partial charge in [0.2, 0.25) is 0 Å². The van der Waals surface area contributed by atoms with E-state index in [0.29, 0.717) is 0 Å². The highest BCUT2D eigenvalue weighted by atomic mass is 31.2. The molecule has 0 spiro atoms. The Bertz CT molecular complexity index is 177. The van der Waals surface area contributed by atoms with Crippen molar-refractivity contribution in [3.8, 4) is 0 Å². The normalized spacial score (nSPS) is 18.8. The highest BCUT2D eigenvalue weighted by Crippen LogP contribution is 2.30. The van der Waals surface area contributed by atoms with E-state index in [4.69, 9.17) is 9.79 Å². The SMILES string of the molecule is C1=NCCN1.O=[PH](O)O[PH](=O)O. The number of rotatable bonds is 2. The van der Waals surface area contributed by atoms with Crippen molar-refractivity contribution >= 4 is 22.8 Å². The minimum absolute atomic E-state index is 0.958. The average Bonchev–Trinajstić information content (AvgIpc) is 2.36. The van der Waals surface area contributed by atoms with Crippen LogP contribution in [0.4, 0.5) is 0 Å². The molecule has 0 aromatic heterocycles. The van der Waals surface area contributed by atoms with Crippen molar-refractivity contribution in [2.75, 3.05) is 13.1 Å². The van der Waals surface area contributed by atoms with Crippen molar-refractivity contribution in [3.05, 3.63) is 0 Å². The standard InChI is InChI=1S/C3H6N2.H4O5P2/c1-2-5-3-4-1;1-6(2)5-7(3)4/h3H,1-2H2,(H,4,5);6-7H,(H,1,2)(H,3,4). The molecule has 1 heterocycles. The van der Waals surface area contributed by atoms with Crippen LogP contribution < -0.4 is 5.32 Å². The zero-order valence-corrected chi connectivity index (χ0v) is 8.06. The van der Waals surface area contributed by atoms with E-state index >= 15 is 0 Å². The Morgan fingerprint density at radius 1 is 1.42 bits per heavy atom. The Hall–Kier alpha value is -0.190. The summed E-state index contributed by atoms with van der Waals surface area (Å²) in [5.74, 6) is 0. The zero-order valence-electron chi connectivity index (χ0n) is 6.06. The molecule has 72 valence electrons. The number of aliphatic imine (C=N–C) groups is 1. The van der Waals surface area contributed by atoms with E-state index in [2.05, 4.69) is 14.6 Å². The Balaban J connectivity index is 0.000000211. The Labute approximate surface area is 70.4 Å². The molecule has 0 bridgehead atoms. The van der Waals surface area contributed by atoms with Gasteiger partial charge in [-0.25, -0.2) is 4.31 Å². The molecule has 0 saturated carbocycles. The van der Waals surface area contributed by atoms with Crippen molar-refractivity contribution in [3.63, 3.8) is 0 Å². The summed E-state index contributed by atoms with van der Waals surface area (Å²) in [5.41, 5.74) is 0. The van der Waals surface area contributed by atoms with Gasteiger partial charge in [0, 0.05) is 6.54 Å². The van der Waals surface area contributed by atoms with Crippen LogP contribution in [0.25, 0.3) is 0 Å². The van der Waals surface area contributed by atoms with Crippen molar-refractivity contribution in [1.29, 1.82) is 0 Å². The lowest BCUT2D eigenvalue weighted by Gasteiger charge is -1.86. The van der Waals surface area contributed by atoms with Crippen LogP contribution in [0.1, 0.15) is 0 Å². The quantitative estimate of drug-likeness (QED) is 0.531. The summed E-state index contributed by atoms with van der Waals surface area (Å²) in [6.07, 6.45) is 1.74. The molecule has 0 amide bonds. The molecule has 3 N–H and O–H groups in total. The molecule has 7 nitrogen and oxygen atoms in total. The number of nitrogens with one attached hydrogen (secondary N) is 1. The highest BCUT2D eigenvalue weighted by Gasteiger charge is 1.93. The van der Waals surface area contributed by atoms with E-state index < -0.39 is 16.5 Å². The lowest BCUT2D eigenvalue weighted by molar-refractivity contribution is 0.371. The summed E-state index contributed by atoms with van der Waals surface area (Å²) in [4.78, 5) is 19.3. The van der Waals surface area contributed by atoms with Crippen LogP contribution in [0, 0.1) is 0 Å². The first kappa shape index (κ1) is 11.8. The van der Waals surface area contributed by atoms with E-state index in [9.17, 15) is 9.13 Å². The molecule has 1 rings (SSSR count). The molecule has 1 aliphatic heterocycles. The van der Waals surface area contributed by atoms with Crippen LogP contribution in [0.3, 0.4) is 0 Å². The van der Waals surface area contributed by atoms with Gasteiger partial charge in [0.05, 0.1) is 12.9 Å². The van der Waals surface area contributed by atoms with E-state index in [0.717, 1.165) is 13.1 Å². The first-order valence-electron chi connectivity index (χ1n) is 2.98. The number of hydrogen-bond acceptors (Lipinski definition) is 5. The molecule has 0 aliphatic carbocycles. The maximum Gasteiger partial charge on any atom is 0.323 e. The van der Waals surface area contributed by atoms with Crippen molar-refractivity contribution in [2.24, 2.45) is 4.99 Å². The Morgan fingerprint density at radius 3 is 2.08 bits per heavy atom. The van der Waals surface area contributed by atoms with Gasteiger partial charge in [0.1, 0.15) is 0 Å². The van der Waals surface area contributed by atoms with Crippen LogP contribution in [-0.2, 0) is 13.4 Å². The molecule has 0 radical (unpaired) electrons. The molecule has 1 aliphatic rings. The molecular weight excluding hydrogens is 206 g/mol. The van der Waals surface area contributed by atoms with Crippen molar-refractivity contribution in [1.82, 2.24) is 5.32 Å². The Morgan fingerprint density at radius 2 is 2.00 bits per heavy atom. The number of hydrogen-bond donors (Lipinski definition) is 3. The fourth-order valence-electron chi connectivity index (χ4n) is 0.397. The number of nitrogens with zero attached hydrogens (tertiary/aromatic N) is 1. The molecule has 12 heavy (non-hydrogen) atoms. The third-order valence-electron chi connectivity index (χ3n) is 0.742. The molecule has 0 fully saturated rings. The third kappa shape index (κ3) is 9.81. The first-order chi connectivity index (χ1) is 5.63.